The number of carboxylic acids is 1. The fraction of sp³-hybridized carbons (Fsp3) is 0.538. The quantitative estimate of drug-likeness (QED) is 0.424. The summed E-state index contributed by atoms with van der Waals surface area (Å²) in [6, 6.07) is -1.06. The van der Waals surface area contributed by atoms with E-state index in [1.165, 1.54) is 28.2 Å². The number of aryl methyl sites for hydroxylation is 1. The number of amides is 2. The van der Waals surface area contributed by atoms with E-state index in [0.717, 1.165) is 4.90 Å². The minimum absolute atomic E-state index is 0.184. The number of carbonyl (C=O) groups excluding carboxylic acids is 2. The maximum absolute atomic E-state index is 12.4. The highest BCUT2D eigenvalue weighted by Crippen LogP contribution is 2.41. The van der Waals surface area contributed by atoms with Crippen molar-refractivity contribution in [3.63, 3.8) is 0 Å². The van der Waals surface area contributed by atoms with Crippen LogP contribution in [0, 0.1) is 0 Å². The number of aromatic nitrogens is 4. The number of nitrogens with one attached hydrogen (secondary N) is 1. The Hall–Kier alpha value is -1.94. The topological polar surface area (TPSA) is 130 Å². The second-order valence-electron chi connectivity index (χ2n) is 5.82. The van der Waals surface area contributed by atoms with Gasteiger partial charge >= 0.3 is 11.5 Å². The molecule has 1 saturated heterocycles. The van der Waals surface area contributed by atoms with E-state index >= 15 is 0 Å². The minimum Gasteiger partial charge on any atom is -0.477 e. The predicted octanol–water partition coefficient (Wildman–Crippen LogP) is 0.294. The summed E-state index contributed by atoms with van der Waals surface area (Å²) in [6.07, 6.45) is 0. The molecule has 2 aliphatic rings. The van der Waals surface area contributed by atoms with Crippen LogP contribution in [0.4, 0.5) is 13.2 Å². The number of thioether (sulfide) groups is 3. The lowest BCUT2D eigenvalue weighted by atomic mass is 10.0. The molecule has 1 aromatic rings. The fourth-order valence-electron chi connectivity index (χ4n) is 2.65. The Bertz CT molecular complexity index is 876. The summed E-state index contributed by atoms with van der Waals surface area (Å²) in [6.45, 7) is 0. The summed E-state index contributed by atoms with van der Waals surface area (Å²) >= 11 is 1.93. The van der Waals surface area contributed by atoms with Gasteiger partial charge in [-0.2, -0.15) is 13.2 Å². The van der Waals surface area contributed by atoms with Crippen LogP contribution in [0.2, 0.25) is 0 Å². The SMILES string of the molecule is Cn1nnnc1SCC1=C(C(=O)O)N2C(=O)[C@H](NC(=O)CSC(F)(F)F)[C@H]2SC1. The summed E-state index contributed by atoms with van der Waals surface area (Å²) in [5.41, 5.74) is -4.26. The van der Waals surface area contributed by atoms with Crippen LogP contribution in [0.5, 0.6) is 0 Å². The number of nitrogens with zero attached hydrogens (tertiary/aromatic N) is 5. The first-order valence-electron chi connectivity index (χ1n) is 7.83. The molecular formula is C13H13F3N6O4S3. The van der Waals surface area contributed by atoms with Crippen LogP contribution in [-0.4, -0.2) is 82.2 Å². The van der Waals surface area contributed by atoms with Gasteiger partial charge in [0.2, 0.25) is 11.1 Å². The number of hydrogen-bond donors (Lipinski definition) is 2. The number of halogens is 3. The number of alkyl halides is 3. The van der Waals surface area contributed by atoms with E-state index in [2.05, 4.69) is 20.8 Å². The van der Waals surface area contributed by atoms with Gasteiger partial charge in [0.05, 0.1) is 5.75 Å². The monoisotopic (exact) mass is 470 g/mol. The Balaban J connectivity index is 1.67. The third kappa shape index (κ3) is 4.80. The van der Waals surface area contributed by atoms with Crippen molar-refractivity contribution < 1.29 is 32.7 Å². The lowest BCUT2D eigenvalue weighted by molar-refractivity contribution is -0.150. The second kappa shape index (κ2) is 8.43. The van der Waals surface area contributed by atoms with Gasteiger partial charge < -0.3 is 10.4 Å². The molecule has 2 N–H and O–H groups in total. The number of tetrazole rings is 1. The molecule has 2 atom stereocenters. The number of carbonyl (C=O) groups is 3. The molecular weight excluding hydrogens is 457 g/mol. The van der Waals surface area contributed by atoms with Crippen molar-refractivity contribution in [2.75, 3.05) is 17.3 Å². The molecule has 3 heterocycles. The molecule has 1 aromatic heterocycles. The molecule has 2 amide bonds. The van der Waals surface area contributed by atoms with Crippen LogP contribution < -0.4 is 5.32 Å². The molecule has 16 heteroatoms. The van der Waals surface area contributed by atoms with Gasteiger partial charge in [0, 0.05) is 18.6 Å². The molecule has 29 heavy (non-hydrogen) atoms. The fourth-order valence-corrected chi connectivity index (χ4v) is 5.37. The van der Waals surface area contributed by atoms with Crippen LogP contribution in [0.3, 0.4) is 0 Å². The number of hydrogen-bond acceptors (Lipinski definition) is 9. The molecule has 3 rings (SSSR count). The van der Waals surface area contributed by atoms with Crippen molar-refractivity contribution in [3.8, 4) is 0 Å². The maximum Gasteiger partial charge on any atom is 0.442 e. The molecule has 0 spiro atoms. The molecule has 158 valence electrons. The highest BCUT2D eigenvalue weighted by atomic mass is 32.2. The zero-order chi connectivity index (χ0) is 21.3. The molecule has 0 saturated carbocycles. The Morgan fingerprint density at radius 1 is 1.41 bits per heavy atom. The van der Waals surface area contributed by atoms with Gasteiger partial charge in [-0.25, -0.2) is 9.48 Å². The molecule has 0 bridgehead atoms. The van der Waals surface area contributed by atoms with E-state index in [4.69, 9.17) is 0 Å². The van der Waals surface area contributed by atoms with Gasteiger partial charge in [0.25, 0.3) is 5.91 Å². The van der Waals surface area contributed by atoms with E-state index in [1.54, 1.807) is 7.05 Å². The van der Waals surface area contributed by atoms with Crippen LogP contribution in [0.15, 0.2) is 16.4 Å². The average Bonchev–Trinajstić information content (AvgIpc) is 3.06. The van der Waals surface area contributed by atoms with Gasteiger partial charge in [0.15, 0.2) is 0 Å². The molecule has 0 aromatic carbocycles. The summed E-state index contributed by atoms with van der Waals surface area (Å²) in [7, 11) is 1.63. The first kappa shape index (κ1) is 21.8. The highest BCUT2D eigenvalue weighted by Gasteiger charge is 2.54. The number of rotatable bonds is 7. The lowest BCUT2D eigenvalue weighted by Crippen LogP contribution is -2.70. The number of carboxylic acid groups (broad SMARTS) is 1. The van der Waals surface area contributed by atoms with Crippen LogP contribution in [0.1, 0.15) is 0 Å². The van der Waals surface area contributed by atoms with E-state index in [1.807, 2.05) is 0 Å². The first-order valence-corrected chi connectivity index (χ1v) is 10.9. The maximum atomic E-state index is 12.4. The average molecular weight is 470 g/mol. The summed E-state index contributed by atoms with van der Waals surface area (Å²) < 4.78 is 38.0. The van der Waals surface area contributed by atoms with Crippen LogP contribution in [0.25, 0.3) is 0 Å². The standard InChI is InChI=1S/C13H13F3N6O4S3/c1-21-12(18-19-20-21)28-3-5-2-27-10-7(9(24)22(10)8(5)11(25)26)17-6(23)4-29-13(14,15)16/h7,10H,2-4H2,1H3,(H,17,23)(H,25,26)/t7-,10+/m0/s1. The normalized spacial score (nSPS) is 21.7. The van der Waals surface area contributed by atoms with Crippen molar-refractivity contribution in [1.82, 2.24) is 30.4 Å². The Kier molecular flexibility index (Phi) is 6.33. The summed E-state index contributed by atoms with van der Waals surface area (Å²) in [5.74, 6) is -3.28. The summed E-state index contributed by atoms with van der Waals surface area (Å²) in [4.78, 5) is 36.9. The largest absolute Gasteiger partial charge is 0.477 e. The smallest absolute Gasteiger partial charge is 0.442 e. The molecule has 0 aliphatic carbocycles. The van der Waals surface area contributed by atoms with Crippen LogP contribution in [-0.2, 0) is 21.4 Å². The molecule has 0 radical (unpaired) electrons. The Morgan fingerprint density at radius 2 is 2.14 bits per heavy atom. The van der Waals surface area contributed by atoms with Gasteiger partial charge in [-0.05, 0) is 27.8 Å². The van der Waals surface area contributed by atoms with Gasteiger partial charge in [0.1, 0.15) is 17.1 Å². The molecule has 2 aliphatic heterocycles. The highest BCUT2D eigenvalue weighted by molar-refractivity contribution is 8.01. The van der Waals surface area contributed by atoms with Crippen molar-refractivity contribution in [2.24, 2.45) is 7.05 Å². The summed E-state index contributed by atoms with van der Waals surface area (Å²) in [5, 5.41) is 22.6. The zero-order valence-electron chi connectivity index (χ0n) is 14.5. The Morgan fingerprint density at radius 3 is 2.72 bits per heavy atom. The lowest BCUT2D eigenvalue weighted by Gasteiger charge is -2.49. The number of fused-ring (bicyclic) bond motifs is 1. The van der Waals surface area contributed by atoms with Gasteiger partial charge in [-0.15, -0.1) is 16.9 Å². The van der Waals surface area contributed by atoms with E-state index < -0.39 is 52.2 Å². The van der Waals surface area contributed by atoms with Crippen molar-refractivity contribution in [3.05, 3.63) is 11.3 Å². The van der Waals surface area contributed by atoms with Crippen molar-refractivity contribution >= 4 is 53.1 Å². The Labute approximate surface area is 174 Å². The van der Waals surface area contributed by atoms with E-state index in [9.17, 15) is 32.7 Å². The first-order chi connectivity index (χ1) is 13.6. The minimum atomic E-state index is -4.56. The number of β-lactam (4-membered cyclic amide) rings is 1. The predicted molar refractivity (Wildman–Crippen MR) is 97.7 cm³/mol. The van der Waals surface area contributed by atoms with Crippen LogP contribution >= 0.6 is 35.3 Å². The molecule has 10 nitrogen and oxygen atoms in total. The molecule has 1 fully saturated rings. The van der Waals surface area contributed by atoms with E-state index in [0.29, 0.717) is 10.7 Å². The van der Waals surface area contributed by atoms with Gasteiger partial charge in [-0.3, -0.25) is 14.5 Å². The third-order valence-corrected chi connectivity index (χ3v) is 7.06. The molecule has 0 unspecified atom stereocenters. The number of aliphatic carboxylic acids is 1. The van der Waals surface area contributed by atoms with Crippen molar-refractivity contribution in [1.29, 1.82) is 0 Å². The third-order valence-electron chi connectivity index (χ3n) is 3.89. The second-order valence-corrected chi connectivity index (χ2v) is 8.91. The van der Waals surface area contributed by atoms with Crippen molar-refractivity contribution in [2.45, 2.75) is 22.1 Å². The zero-order valence-corrected chi connectivity index (χ0v) is 17.0. The van der Waals surface area contributed by atoms with E-state index in [-0.39, 0.29) is 17.2 Å². The van der Waals surface area contributed by atoms with Gasteiger partial charge in [-0.1, -0.05) is 11.8 Å².